The Balaban J connectivity index is 2.45. The minimum Gasteiger partial charge on any atom is -0.468 e. The Morgan fingerprint density at radius 3 is 2.93 bits per heavy atom. The van der Waals surface area contributed by atoms with Crippen LogP contribution in [0.5, 0.6) is 5.95 Å². The van der Waals surface area contributed by atoms with Gasteiger partial charge in [-0.2, -0.15) is 0 Å². The largest absolute Gasteiger partial charge is 0.468 e. The minimum absolute atomic E-state index is 0.581. The number of benzene rings is 1. The smallest absolute Gasteiger partial charge is 0.286 e. The van der Waals surface area contributed by atoms with Crippen LogP contribution in [0, 0.1) is 0 Å². The van der Waals surface area contributed by atoms with E-state index in [1.54, 1.807) is 18.4 Å². The van der Waals surface area contributed by atoms with Crippen molar-refractivity contribution >= 4 is 31.7 Å². The molecule has 0 saturated carbocycles. The van der Waals surface area contributed by atoms with Gasteiger partial charge in [0.25, 0.3) is 5.95 Å². The van der Waals surface area contributed by atoms with Crippen molar-refractivity contribution in [3.8, 4) is 5.95 Å². The zero-order valence-corrected chi connectivity index (χ0v) is 8.43. The molecule has 3 heteroatoms. The van der Waals surface area contributed by atoms with Gasteiger partial charge in [0.15, 0.2) is 4.90 Å². The van der Waals surface area contributed by atoms with Crippen molar-refractivity contribution in [3.05, 3.63) is 30.3 Å². The maximum absolute atomic E-state index is 5.50. The monoisotopic (exact) mass is 204 g/mol. The van der Waals surface area contributed by atoms with E-state index in [9.17, 15) is 0 Å². The van der Waals surface area contributed by atoms with Crippen molar-refractivity contribution in [1.29, 1.82) is 0 Å². The summed E-state index contributed by atoms with van der Waals surface area (Å²) in [5.41, 5.74) is 0. The Bertz CT molecular complexity index is 591. The van der Waals surface area contributed by atoms with Gasteiger partial charge in [0.2, 0.25) is 0 Å². The molecule has 14 heavy (non-hydrogen) atoms. The molecule has 0 amide bonds. The molecular formula is C11H8O2S. The summed E-state index contributed by atoms with van der Waals surface area (Å²) in [6.07, 6.45) is 0. The summed E-state index contributed by atoms with van der Waals surface area (Å²) in [5.74, 6) is 0.581. The Kier molecular flexibility index (Phi) is 1.55. The molecule has 70 valence electrons. The molecule has 2 aromatic heterocycles. The van der Waals surface area contributed by atoms with E-state index < -0.39 is 0 Å². The van der Waals surface area contributed by atoms with E-state index in [0.717, 1.165) is 10.3 Å². The van der Waals surface area contributed by atoms with Crippen LogP contribution in [0.4, 0.5) is 0 Å². The minimum atomic E-state index is 0.581. The number of thiophene rings is 1. The topological polar surface area (TPSA) is 22.4 Å². The van der Waals surface area contributed by atoms with Gasteiger partial charge in [-0.1, -0.05) is 29.5 Å². The summed E-state index contributed by atoms with van der Waals surface area (Å²) >= 11 is 1.65. The van der Waals surface area contributed by atoms with E-state index in [0.29, 0.717) is 5.95 Å². The lowest BCUT2D eigenvalue weighted by Gasteiger charge is -1.89. The number of furan rings is 1. The maximum atomic E-state index is 5.50. The van der Waals surface area contributed by atoms with Crippen LogP contribution in [0.15, 0.2) is 34.7 Å². The van der Waals surface area contributed by atoms with Gasteiger partial charge in [-0.15, -0.1) is 0 Å². The molecule has 2 heterocycles. The summed E-state index contributed by atoms with van der Waals surface area (Å²) in [6, 6.07) is 10.2. The predicted octanol–water partition coefficient (Wildman–Crippen LogP) is 3.66. The molecule has 1 aromatic carbocycles. The molecule has 0 radical (unpaired) electrons. The third kappa shape index (κ3) is 0.960. The highest BCUT2D eigenvalue weighted by Crippen LogP contribution is 2.37. The van der Waals surface area contributed by atoms with Crippen molar-refractivity contribution < 1.29 is 9.15 Å². The summed E-state index contributed by atoms with van der Waals surface area (Å²) in [4.78, 5) is 0.933. The number of fused-ring (bicyclic) bond motifs is 3. The molecule has 0 aliphatic heterocycles. The first-order valence-electron chi connectivity index (χ1n) is 4.33. The summed E-state index contributed by atoms with van der Waals surface area (Å²) in [6.45, 7) is 0. The number of rotatable bonds is 1. The second-order valence-electron chi connectivity index (χ2n) is 3.07. The van der Waals surface area contributed by atoms with Gasteiger partial charge in [-0.05, 0) is 6.07 Å². The lowest BCUT2D eigenvalue weighted by atomic mass is 10.2. The second kappa shape index (κ2) is 2.75. The van der Waals surface area contributed by atoms with E-state index >= 15 is 0 Å². The lowest BCUT2D eigenvalue weighted by molar-refractivity contribution is 0.317. The molecule has 0 spiro atoms. The zero-order chi connectivity index (χ0) is 9.54. The van der Waals surface area contributed by atoms with Crippen molar-refractivity contribution in [2.45, 2.75) is 0 Å². The van der Waals surface area contributed by atoms with Crippen LogP contribution in [0.1, 0.15) is 0 Å². The van der Waals surface area contributed by atoms with E-state index in [-0.39, 0.29) is 0 Å². The summed E-state index contributed by atoms with van der Waals surface area (Å²) < 4.78 is 11.8. The van der Waals surface area contributed by atoms with Gasteiger partial charge in [-0.3, -0.25) is 0 Å². The highest BCUT2D eigenvalue weighted by Gasteiger charge is 2.10. The van der Waals surface area contributed by atoms with Crippen LogP contribution >= 0.6 is 11.3 Å². The van der Waals surface area contributed by atoms with Gasteiger partial charge in [-0.25, -0.2) is 0 Å². The molecule has 0 unspecified atom stereocenters. The number of ether oxygens (including phenoxy) is 1. The molecule has 0 aliphatic rings. The van der Waals surface area contributed by atoms with Gasteiger partial charge in [0.1, 0.15) is 0 Å². The SMILES string of the molecule is COc1cc2c(o1)sc1ccccc12. The van der Waals surface area contributed by atoms with Crippen LogP contribution in [-0.2, 0) is 0 Å². The van der Waals surface area contributed by atoms with E-state index in [1.165, 1.54) is 10.1 Å². The van der Waals surface area contributed by atoms with E-state index in [4.69, 9.17) is 9.15 Å². The van der Waals surface area contributed by atoms with Crippen LogP contribution < -0.4 is 4.74 Å². The van der Waals surface area contributed by atoms with Gasteiger partial charge in [0.05, 0.1) is 7.11 Å². The molecule has 0 fully saturated rings. The van der Waals surface area contributed by atoms with Crippen molar-refractivity contribution in [2.24, 2.45) is 0 Å². The first-order chi connectivity index (χ1) is 6.88. The van der Waals surface area contributed by atoms with Crippen molar-refractivity contribution in [2.75, 3.05) is 7.11 Å². The van der Waals surface area contributed by atoms with E-state index in [2.05, 4.69) is 12.1 Å². The van der Waals surface area contributed by atoms with Crippen molar-refractivity contribution in [3.63, 3.8) is 0 Å². The van der Waals surface area contributed by atoms with Crippen LogP contribution in [0.2, 0.25) is 0 Å². The molecule has 0 N–H and O–H groups in total. The standard InChI is InChI=1S/C11H8O2S/c1-12-10-6-8-7-4-2-3-5-9(7)14-11(8)13-10/h2-6H,1H3. The van der Waals surface area contributed by atoms with Gasteiger partial charge in [0, 0.05) is 21.5 Å². The van der Waals surface area contributed by atoms with Gasteiger partial charge < -0.3 is 9.15 Å². The van der Waals surface area contributed by atoms with Crippen molar-refractivity contribution in [1.82, 2.24) is 0 Å². The first kappa shape index (κ1) is 7.88. The summed E-state index contributed by atoms with van der Waals surface area (Å²) in [5, 5.41) is 2.38. The first-order valence-corrected chi connectivity index (χ1v) is 5.15. The highest BCUT2D eigenvalue weighted by molar-refractivity contribution is 7.25. The fraction of sp³-hybridized carbons (Fsp3) is 0.0909. The third-order valence-electron chi connectivity index (χ3n) is 2.26. The lowest BCUT2D eigenvalue weighted by Crippen LogP contribution is -1.75. The molecule has 0 saturated heterocycles. The van der Waals surface area contributed by atoms with Gasteiger partial charge >= 0.3 is 0 Å². The Morgan fingerprint density at radius 2 is 2.07 bits per heavy atom. The highest BCUT2D eigenvalue weighted by atomic mass is 32.1. The molecule has 2 nitrogen and oxygen atoms in total. The Hall–Kier alpha value is -1.48. The van der Waals surface area contributed by atoms with Crippen LogP contribution in [0.3, 0.4) is 0 Å². The molecule has 0 atom stereocenters. The fourth-order valence-electron chi connectivity index (χ4n) is 1.59. The quantitative estimate of drug-likeness (QED) is 0.603. The van der Waals surface area contributed by atoms with Crippen LogP contribution in [-0.4, -0.2) is 7.11 Å². The third-order valence-corrected chi connectivity index (χ3v) is 3.32. The fourth-order valence-corrected chi connectivity index (χ4v) is 2.63. The molecule has 0 aliphatic carbocycles. The number of methoxy groups -OCH3 is 1. The summed E-state index contributed by atoms with van der Waals surface area (Å²) in [7, 11) is 1.62. The normalized spacial score (nSPS) is 11.2. The number of hydrogen-bond acceptors (Lipinski definition) is 3. The molecular weight excluding hydrogens is 196 g/mol. The average Bonchev–Trinajstić information content (AvgIpc) is 2.73. The molecule has 3 aromatic rings. The predicted molar refractivity (Wildman–Crippen MR) is 58.1 cm³/mol. The Morgan fingerprint density at radius 1 is 1.21 bits per heavy atom. The Labute approximate surface area is 84.7 Å². The van der Waals surface area contributed by atoms with Crippen LogP contribution in [0.25, 0.3) is 20.4 Å². The number of hydrogen-bond donors (Lipinski definition) is 0. The zero-order valence-electron chi connectivity index (χ0n) is 7.61. The molecule has 3 rings (SSSR count). The second-order valence-corrected chi connectivity index (χ2v) is 4.08. The average molecular weight is 204 g/mol. The van der Waals surface area contributed by atoms with E-state index in [1.807, 2.05) is 18.2 Å². The maximum Gasteiger partial charge on any atom is 0.286 e. The molecule has 0 bridgehead atoms.